The number of halogens is 1. The molecule has 0 aliphatic carbocycles. The Hall–Kier alpha value is -3.68. The summed E-state index contributed by atoms with van der Waals surface area (Å²) in [7, 11) is 1.72. The lowest BCUT2D eigenvalue weighted by Gasteiger charge is -2.27. The second-order valence-corrected chi connectivity index (χ2v) is 11.3. The lowest BCUT2D eigenvalue weighted by molar-refractivity contribution is 0.0249. The third kappa shape index (κ3) is 5.30. The average Bonchev–Trinajstić information content (AvgIpc) is 3.38. The zero-order valence-electron chi connectivity index (χ0n) is 23.5. The van der Waals surface area contributed by atoms with E-state index in [4.69, 9.17) is 4.74 Å². The molecule has 0 radical (unpaired) electrons. The van der Waals surface area contributed by atoms with E-state index < -0.39 is 11.4 Å². The standard InChI is InChI=1S/C30H37FN4O3/c1-18(2)33(8)28(36)24-14-23(31)9-10-25(24)35-17-22(27-19(3)15-32-16-26(27)35)13-21-11-12-34(20(21)4)29(37)38-30(5,6)7/h9-10,13-18,20H,11-12H2,1-8H3/b21-13+/t20-/m1/s1. The highest BCUT2D eigenvalue weighted by molar-refractivity contribution is 6.00. The van der Waals surface area contributed by atoms with Gasteiger partial charge in [-0.05, 0) is 84.2 Å². The van der Waals surface area contributed by atoms with Crippen LogP contribution in [0.25, 0.3) is 22.7 Å². The number of fused-ring (bicyclic) bond motifs is 1. The molecule has 38 heavy (non-hydrogen) atoms. The smallest absolute Gasteiger partial charge is 0.410 e. The van der Waals surface area contributed by atoms with E-state index in [9.17, 15) is 14.0 Å². The zero-order chi connectivity index (χ0) is 27.9. The van der Waals surface area contributed by atoms with Gasteiger partial charge in [0.2, 0.25) is 0 Å². The summed E-state index contributed by atoms with van der Waals surface area (Å²) in [6.45, 7) is 14.0. The molecule has 0 N–H and O–H groups in total. The third-order valence-electron chi connectivity index (χ3n) is 7.09. The van der Waals surface area contributed by atoms with Crippen LogP contribution in [-0.2, 0) is 4.74 Å². The second kappa shape index (κ2) is 10.2. The van der Waals surface area contributed by atoms with Crippen LogP contribution in [-0.4, -0.2) is 62.6 Å². The second-order valence-electron chi connectivity index (χ2n) is 11.3. The first-order valence-electron chi connectivity index (χ1n) is 13.0. The van der Waals surface area contributed by atoms with Gasteiger partial charge in [-0.15, -0.1) is 0 Å². The van der Waals surface area contributed by atoms with Crippen LogP contribution in [0.1, 0.15) is 69.4 Å². The van der Waals surface area contributed by atoms with E-state index >= 15 is 0 Å². The maximum Gasteiger partial charge on any atom is 0.410 e. The van der Waals surface area contributed by atoms with Gasteiger partial charge in [0.25, 0.3) is 5.91 Å². The summed E-state index contributed by atoms with van der Waals surface area (Å²) in [5, 5.41) is 0.996. The van der Waals surface area contributed by atoms with Gasteiger partial charge in [-0.2, -0.15) is 0 Å². The van der Waals surface area contributed by atoms with Crippen molar-refractivity contribution in [1.82, 2.24) is 19.4 Å². The molecule has 0 saturated carbocycles. The van der Waals surface area contributed by atoms with Gasteiger partial charge in [-0.3, -0.25) is 9.78 Å². The number of aryl methyl sites for hydroxylation is 1. The summed E-state index contributed by atoms with van der Waals surface area (Å²) in [5.74, 6) is -0.723. The first-order valence-corrected chi connectivity index (χ1v) is 13.0. The fraction of sp³-hybridized carbons (Fsp3) is 0.433. The van der Waals surface area contributed by atoms with Crippen LogP contribution in [0.5, 0.6) is 0 Å². The summed E-state index contributed by atoms with van der Waals surface area (Å²) < 4.78 is 21.9. The molecule has 3 aromatic rings. The Labute approximate surface area is 223 Å². The number of nitrogens with zero attached hydrogens (tertiary/aromatic N) is 4. The molecule has 1 saturated heterocycles. The number of carbonyl (C=O) groups is 2. The van der Waals surface area contributed by atoms with Crippen molar-refractivity contribution in [2.45, 2.75) is 72.6 Å². The number of amides is 2. The van der Waals surface area contributed by atoms with Crippen molar-refractivity contribution < 1.29 is 18.7 Å². The van der Waals surface area contributed by atoms with Gasteiger partial charge < -0.3 is 19.1 Å². The highest BCUT2D eigenvalue weighted by Crippen LogP contribution is 2.34. The molecule has 1 fully saturated rings. The molecule has 3 heterocycles. The molecule has 0 bridgehead atoms. The molecule has 7 nitrogen and oxygen atoms in total. The van der Waals surface area contributed by atoms with Crippen LogP contribution in [0.2, 0.25) is 0 Å². The van der Waals surface area contributed by atoms with Crippen LogP contribution in [0, 0.1) is 12.7 Å². The normalized spacial score (nSPS) is 17.1. The fourth-order valence-electron chi connectivity index (χ4n) is 4.82. The van der Waals surface area contributed by atoms with Crippen LogP contribution < -0.4 is 0 Å². The van der Waals surface area contributed by atoms with Crippen LogP contribution in [0.4, 0.5) is 9.18 Å². The quantitative estimate of drug-likeness (QED) is 0.401. The van der Waals surface area contributed by atoms with Crippen molar-refractivity contribution in [3.05, 3.63) is 64.9 Å². The fourth-order valence-corrected chi connectivity index (χ4v) is 4.82. The molecule has 8 heteroatoms. The predicted octanol–water partition coefficient (Wildman–Crippen LogP) is 6.37. The number of hydrogen-bond donors (Lipinski definition) is 0. The number of benzene rings is 1. The molecule has 2 amide bonds. The minimum absolute atomic E-state index is 0.0407. The Morgan fingerprint density at radius 1 is 1.24 bits per heavy atom. The maximum atomic E-state index is 14.3. The Morgan fingerprint density at radius 2 is 1.95 bits per heavy atom. The molecular formula is C30H37FN4O3. The Kier molecular flexibility index (Phi) is 7.37. The number of pyridine rings is 1. The van der Waals surface area contributed by atoms with Gasteiger partial charge in [-0.25, -0.2) is 9.18 Å². The minimum atomic E-state index is -0.561. The molecule has 1 aliphatic rings. The van der Waals surface area contributed by atoms with Gasteiger partial charge in [0.05, 0.1) is 29.0 Å². The largest absolute Gasteiger partial charge is 0.444 e. The summed E-state index contributed by atoms with van der Waals surface area (Å²) in [5.41, 5.74) is 4.17. The van der Waals surface area contributed by atoms with E-state index in [2.05, 4.69) is 11.1 Å². The van der Waals surface area contributed by atoms with Crippen molar-refractivity contribution >= 4 is 29.0 Å². The first kappa shape index (κ1) is 27.4. The summed E-state index contributed by atoms with van der Waals surface area (Å²) in [4.78, 5) is 33.8. The molecule has 0 unspecified atom stereocenters. The number of ether oxygens (including phenoxy) is 1. The number of aromatic nitrogens is 2. The van der Waals surface area contributed by atoms with E-state index in [1.807, 2.05) is 65.4 Å². The van der Waals surface area contributed by atoms with Crippen molar-refractivity contribution in [2.24, 2.45) is 0 Å². The van der Waals surface area contributed by atoms with Crippen LogP contribution >= 0.6 is 0 Å². The predicted molar refractivity (Wildman–Crippen MR) is 148 cm³/mol. The zero-order valence-corrected chi connectivity index (χ0v) is 23.5. The SMILES string of the molecule is Cc1cncc2c1c(/C=C1\CCN(C(=O)OC(C)(C)C)[C@@H]1C)cn2-c1ccc(F)cc1C(=O)N(C)C(C)C. The highest BCUT2D eigenvalue weighted by atomic mass is 19.1. The van der Waals surface area contributed by atoms with Gasteiger partial charge in [-0.1, -0.05) is 6.08 Å². The highest BCUT2D eigenvalue weighted by Gasteiger charge is 2.33. The molecule has 1 atom stereocenters. The van der Waals surface area contributed by atoms with E-state index in [0.717, 1.165) is 34.0 Å². The number of likely N-dealkylation sites (tertiary alicyclic amines) is 1. The van der Waals surface area contributed by atoms with E-state index in [1.165, 1.54) is 12.1 Å². The van der Waals surface area contributed by atoms with Crippen LogP contribution in [0.3, 0.4) is 0 Å². The number of rotatable bonds is 4. The van der Waals surface area contributed by atoms with E-state index in [0.29, 0.717) is 12.2 Å². The monoisotopic (exact) mass is 520 g/mol. The van der Waals surface area contributed by atoms with Gasteiger partial charge in [0.1, 0.15) is 11.4 Å². The van der Waals surface area contributed by atoms with Gasteiger partial charge >= 0.3 is 6.09 Å². The van der Waals surface area contributed by atoms with Gasteiger partial charge in [0.15, 0.2) is 0 Å². The topological polar surface area (TPSA) is 67.7 Å². The van der Waals surface area contributed by atoms with Crippen LogP contribution in [0.15, 0.2) is 42.4 Å². The summed E-state index contributed by atoms with van der Waals surface area (Å²) in [6.07, 6.45) is 8.07. The Morgan fingerprint density at radius 3 is 2.61 bits per heavy atom. The van der Waals surface area contributed by atoms with Crippen molar-refractivity contribution in [3.8, 4) is 5.69 Å². The number of hydrogen-bond acceptors (Lipinski definition) is 4. The molecule has 2 aromatic heterocycles. The van der Waals surface area contributed by atoms with E-state index in [-0.39, 0.29) is 29.6 Å². The van der Waals surface area contributed by atoms with Crippen molar-refractivity contribution in [2.75, 3.05) is 13.6 Å². The molecule has 1 aliphatic heterocycles. The first-order chi connectivity index (χ1) is 17.8. The Bertz CT molecular complexity index is 1420. The lowest BCUT2D eigenvalue weighted by Crippen LogP contribution is -2.38. The number of carbonyl (C=O) groups excluding carboxylic acids is 2. The third-order valence-corrected chi connectivity index (χ3v) is 7.09. The molecule has 4 rings (SSSR count). The lowest BCUT2D eigenvalue weighted by atomic mass is 10.0. The Balaban J connectivity index is 1.81. The van der Waals surface area contributed by atoms with E-state index in [1.54, 1.807) is 29.1 Å². The molecule has 1 aromatic carbocycles. The van der Waals surface area contributed by atoms with Crippen molar-refractivity contribution in [3.63, 3.8) is 0 Å². The summed E-state index contributed by atoms with van der Waals surface area (Å²) in [6, 6.07) is 4.14. The summed E-state index contributed by atoms with van der Waals surface area (Å²) >= 11 is 0. The maximum absolute atomic E-state index is 14.3. The molecular weight excluding hydrogens is 483 g/mol. The molecule has 0 spiro atoms. The van der Waals surface area contributed by atoms with Gasteiger partial charge in [0, 0.05) is 43.0 Å². The average molecular weight is 521 g/mol. The minimum Gasteiger partial charge on any atom is -0.444 e. The molecule has 202 valence electrons. The van der Waals surface area contributed by atoms with Crippen molar-refractivity contribution in [1.29, 1.82) is 0 Å².